The van der Waals surface area contributed by atoms with Crippen LogP contribution in [0.1, 0.15) is 19.8 Å². The third kappa shape index (κ3) is 5.54. The first-order chi connectivity index (χ1) is 8.76. The average molecular weight is 252 g/mol. The van der Waals surface area contributed by atoms with Gasteiger partial charge in [0.05, 0.1) is 12.7 Å². The van der Waals surface area contributed by atoms with Gasteiger partial charge in [0.25, 0.3) is 0 Å². The zero-order valence-corrected chi connectivity index (χ0v) is 10.6. The highest BCUT2D eigenvalue weighted by atomic mass is 16.5. The molecule has 0 aliphatic heterocycles. The summed E-state index contributed by atoms with van der Waals surface area (Å²) in [4.78, 5) is 0. The molecule has 0 radical (unpaired) electrons. The van der Waals surface area contributed by atoms with Gasteiger partial charge in [0, 0.05) is 6.42 Å². The number of nitrogens with two attached hydrogens (primary N) is 1. The van der Waals surface area contributed by atoms with E-state index in [0.717, 1.165) is 12.2 Å². The Morgan fingerprint density at radius 1 is 1.33 bits per heavy atom. The fourth-order valence-corrected chi connectivity index (χ4v) is 1.49. The van der Waals surface area contributed by atoms with Gasteiger partial charge in [-0.1, -0.05) is 30.3 Å². The molecule has 1 rings (SSSR count). The van der Waals surface area contributed by atoms with Crippen molar-refractivity contribution in [3.63, 3.8) is 0 Å². The maximum absolute atomic E-state index is 8.48. The van der Waals surface area contributed by atoms with Crippen LogP contribution in [0.25, 0.3) is 0 Å². The minimum atomic E-state index is -0.0414. The molecule has 5 nitrogen and oxygen atoms in total. The number of nitrogens with zero attached hydrogens (tertiary/aromatic N) is 1. The van der Waals surface area contributed by atoms with E-state index in [1.807, 2.05) is 37.3 Å². The highest BCUT2D eigenvalue weighted by Crippen LogP contribution is 2.08. The summed E-state index contributed by atoms with van der Waals surface area (Å²) >= 11 is 0. The highest BCUT2D eigenvalue weighted by molar-refractivity contribution is 5.80. The molecule has 5 heteroatoms. The summed E-state index contributed by atoms with van der Waals surface area (Å²) in [5.74, 6) is 1.01. The Bertz CT molecular complexity index is 355. The Balaban J connectivity index is 2.20. The lowest BCUT2D eigenvalue weighted by atomic mass is 10.2. The first kappa shape index (κ1) is 14.3. The van der Waals surface area contributed by atoms with Crippen LogP contribution >= 0.6 is 0 Å². The largest absolute Gasteiger partial charge is 0.491 e. The molecule has 0 amide bonds. The second-order valence-corrected chi connectivity index (χ2v) is 3.86. The molecule has 0 aliphatic carbocycles. The van der Waals surface area contributed by atoms with Gasteiger partial charge in [0.2, 0.25) is 0 Å². The van der Waals surface area contributed by atoms with Crippen molar-refractivity contribution in [2.45, 2.75) is 25.9 Å². The summed E-state index contributed by atoms with van der Waals surface area (Å²) in [6.45, 7) is 2.95. The van der Waals surface area contributed by atoms with Crippen LogP contribution in [0, 0.1) is 0 Å². The molecule has 0 saturated heterocycles. The number of hydrogen-bond donors (Lipinski definition) is 2. The molecule has 1 unspecified atom stereocenters. The van der Waals surface area contributed by atoms with Gasteiger partial charge in [0.15, 0.2) is 0 Å². The third-order valence-corrected chi connectivity index (χ3v) is 2.47. The summed E-state index contributed by atoms with van der Waals surface area (Å²) < 4.78 is 11.1. The van der Waals surface area contributed by atoms with E-state index in [1.165, 1.54) is 0 Å². The molecule has 0 fully saturated rings. The lowest BCUT2D eigenvalue weighted by Gasteiger charge is -2.15. The highest BCUT2D eigenvalue weighted by Gasteiger charge is 2.09. The molecule has 0 spiro atoms. The predicted molar refractivity (Wildman–Crippen MR) is 70.0 cm³/mol. The number of para-hydroxylation sites is 1. The van der Waals surface area contributed by atoms with E-state index in [9.17, 15) is 0 Å². The first-order valence-electron chi connectivity index (χ1n) is 6.02. The summed E-state index contributed by atoms with van der Waals surface area (Å²) in [6.07, 6.45) is 1.19. The molecule has 1 aromatic carbocycles. The van der Waals surface area contributed by atoms with Crippen molar-refractivity contribution in [1.29, 1.82) is 0 Å². The van der Waals surface area contributed by atoms with E-state index < -0.39 is 0 Å². The van der Waals surface area contributed by atoms with Crippen LogP contribution in [0.15, 0.2) is 35.5 Å². The van der Waals surface area contributed by atoms with Crippen LogP contribution < -0.4 is 10.5 Å². The van der Waals surface area contributed by atoms with Crippen molar-refractivity contribution < 1.29 is 14.7 Å². The molecule has 1 aromatic rings. The van der Waals surface area contributed by atoms with Crippen molar-refractivity contribution in [1.82, 2.24) is 0 Å². The van der Waals surface area contributed by atoms with E-state index >= 15 is 0 Å². The van der Waals surface area contributed by atoms with E-state index in [4.69, 9.17) is 20.4 Å². The Kier molecular flexibility index (Phi) is 6.64. The third-order valence-electron chi connectivity index (χ3n) is 2.47. The van der Waals surface area contributed by atoms with Crippen molar-refractivity contribution in [2.75, 3.05) is 13.2 Å². The number of amidine groups is 1. The Hall–Kier alpha value is -1.75. The number of benzene rings is 1. The SMILES string of the molecule is CCC(C/C(N)=N/O)OCCOc1ccccc1. The molecule has 0 aliphatic rings. The smallest absolute Gasteiger partial charge is 0.141 e. The van der Waals surface area contributed by atoms with E-state index in [0.29, 0.717) is 19.6 Å². The molecule has 0 aromatic heterocycles. The van der Waals surface area contributed by atoms with Gasteiger partial charge in [-0.05, 0) is 18.6 Å². The van der Waals surface area contributed by atoms with Crippen LogP contribution in [0.5, 0.6) is 5.75 Å². The molecule has 1 atom stereocenters. The standard InChI is InChI=1S/C13H20N2O3/c1-2-11(10-13(14)15-16)17-8-9-18-12-6-4-3-5-7-12/h3-7,11,16H,2,8-10H2,1H3,(H2,14,15). The van der Waals surface area contributed by atoms with E-state index in [1.54, 1.807) is 0 Å². The molecular weight excluding hydrogens is 232 g/mol. The fraction of sp³-hybridized carbons (Fsp3) is 0.462. The van der Waals surface area contributed by atoms with Crippen molar-refractivity contribution in [3.8, 4) is 5.75 Å². The maximum atomic E-state index is 8.48. The van der Waals surface area contributed by atoms with Gasteiger partial charge in [0.1, 0.15) is 18.2 Å². The monoisotopic (exact) mass is 252 g/mol. The van der Waals surface area contributed by atoms with E-state index in [-0.39, 0.29) is 11.9 Å². The zero-order valence-electron chi connectivity index (χ0n) is 10.6. The van der Waals surface area contributed by atoms with Gasteiger partial charge in [-0.2, -0.15) is 0 Å². The number of hydrogen-bond acceptors (Lipinski definition) is 4. The molecular formula is C13H20N2O3. The van der Waals surface area contributed by atoms with Crippen molar-refractivity contribution in [2.24, 2.45) is 10.9 Å². The van der Waals surface area contributed by atoms with Crippen LogP contribution in [0.4, 0.5) is 0 Å². The lowest BCUT2D eigenvalue weighted by molar-refractivity contribution is 0.0354. The minimum Gasteiger partial charge on any atom is -0.491 e. The second kappa shape index (κ2) is 8.36. The topological polar surface area (TPSA) is 77.1 Å². The molecule has 18 heavy (non-hydrogen) atoms. The van der Waals surface area contributed by atoms with Crippen LogP contribution in [0.2, 0.25) is 0 Å². The van der Waals surface area contributed by atoms with Crippen LogP contribution in [0.3, 0.4) is 0 Å². The number of ether oxygens (including phenoxy) is 2. The molecule has 0 saturated carbocycles. The quantitative estimate of drug-likeness (QED) is 0.244. The average Bonchev–Trinajstić information content (AvgIpc) is 2.43. The molecule has 3 N–H and O–H groups in total. The summed E-state index contributed by atoms with van der Waals surface area (Å²) in [7, 11) is 0. The number of rotatable bonds is 8. The van der Waals surface area contributed by atoms with Gasteiger partial charge in [-0.25, -0.2) is 0 Å². The summed E-state index contributed by atoms with van der Waals surface area (Å²) in [6, 6.07) is 9.57. The molecule has 100 valence electrons. The summed E-state index contributed by atoms with van der Waals surface area (Å²) in [5.41, 5.74) is 5.43. The van der Waals surface area contributed by atoms with E-state index in [2.05, 4.69) is 5.16 Å². The summed E-state index contributed by atoms with van der Waals surface area (Å²) in [5, 5.41) is 11.4. The second-order valence-electron chi connectivity index (χ2n) is 3.86. The van der Waals surface area contributed by atoms with Gasteiger partial charge < -0.3 is 20.4 Å². The normalized spacial score (nSPS) is 13.3. The number of oxime groups is 1. The lowest BCUT2D eigenvalue weighted by Crippen LogP contribution is -2.24. The first-order valence-corrected chi connectivity index (χ1v) is 6.02. The van der Waals surface area contributed by atoms with Crippen molar-refractivity contribution >= 4 is 5.84 Å². The van der Waals surface area contributed by atoms with Crippen molar-refractivity contribution in [3.05, 3.63) is 30.3 Å². The van der Waals surface area contributed by atoms with Gasteiger partial charge in [-0.15, -0.1) is 0 Å². The molecule has 0 heterocycles. The van der Waals surface area contributed by atoms with Gasteiger partial charge in [-0.3, -0.25) is 0 Å². The van der Waals surface area contributed by atoms with Crippen LogP contribution in [-0.4, -0.2) is 30.4 Å². The Morgan fingerprint density at radius 3 is 2.67 bits per heavy atom. The Morgan fingerprint density at radius 2 is 2.06 bits per heavy atom. The zero-order chi connectivity index (χ0) is 13.2. The molecule has 0 bridgehead atoms. The fourth-order valence-electron chi connectivity index (χ4n) is 1.49. The van der Waals surface area contributed by atoms with Crippen LogP contribution in [-0.2, 0) is 4.74 Å². The minimum absolute atomic E-state index is 0.0414. The predicted octanol–water partition coefficient (Wildman–Crippen LogP) is 2.00. The van der Waals surface area contributed by atoms with Gasteiger partial charge >= 0.3 is 0 Å². The Labute approximate surface area is 107 Å². The maximum Gasteiger partial charge on any atom is 0.141 e.